The van der Waals surface area contributed by atoms with Gasteiger partial charge < -0.3 is 0 Å². The summed E-state index contributed by atoms with van der Waals surface area (Å²) in [5, 5.41) is 19.8. The zero-order valence-electron chi connectivity index (χ0n) is 9.66. The van der Waals surface area contributed by atoms with Crippen molar-refractivity contribution in [3.8, 4) is 17.3 Å². The molecule has 0 fully saturated rings. The quantitative estimate of drug-likeness (QED) is 0.473. The smallest absolute Gasteiger partial charge is 0.263 e. The van der Waals surface area contributed by atoms with E-state index >= 15 is 0 Å². The molecule has 0 aliphatic rings. The lowest BCUT2D eigenvalue weighted by Crippen LogP contribution is -2.01. The SMILES string of the molecule is Cc1nc(Cl)nc(-c2cncc(C#N)c2)c1[N+](=O)[O-]. The Bertz CT molecular complexity index is 711. The zero-order valence-corrected chi connectivity index (χ0v) is 10.4. The Labute approximate surface area is 112 Å². The molecule has 0 radical (unpaired) electrons. The number of pyridine rings is 1. The van der Waals surface area contributed by atoms with Gasteiger partial charge in [0.1, 0.15) is 11.8 Å². The first kappa shape index (κ1) is 12.9. The standard InChI is InChI=1S/C11H6ClN5O2/c1-6-10(17(18)19)9(16-11(12)15-6)8-2-7(3-13)4-14-5-8/h2,4-5H,1H3. The molecule has 2 heterocycles. The molecule has 0 aromatic carbocycles. The summed E-state index contributed by atoms with van der Waals surface area (Å²) in [6, 6.07) is 3.36. The van der Waals surface area contributed by atoms with E-state index in [0.717, 1.165) is 0 Å². The summed E-state index contributed by atoms with van der Waals surface area (Å²) in [7, 11) is 0. The summed E-state index contributed by atoms with van der Waals surface area (Å²) in [6.45, 7) is 1.47. The third kappa shape index (κ3) is 2.48. The van der Waals surface area contributed by atoms with Gasteiger partial charge in [-0.05, 0) is 24.6 Å². The van der Waals surface area contributed by atoms with E-state index in [1.54, 1.807) is 0 Å². The topological polar surface area (TPSA) is 106 Å². The fraction of sp³-hybridized carbons (Fsp3) is 0.0909. The maximum atomic E-state index is 11.1. The third-order valence-corrected chi connectivity index (χ3v) is 2.52. The first-order valence-electron chi connectivity index (χ1n) is 5.07. The number of rotatable bonds is 2. The number of aromatic nitrogens is 3. The van der Waals surface area contributed by atoms with Crippen LogP contribution in [0.15, 0.2) is 18.5 Å². The van der Waals surface area contributed by atoms with Crippen LogP contribution >= 0.6 is 11.6 Å². The Balaban J connectivity index is 2.74. The van der Waals surface area contributed by atoms with Crippen molar-refractivity contribution < 1.29 is 4.92 Å². The van der Waals surface area contributed by atoms with Crippen LogP contribution in [0.4, 0.5) is 5.69 Å². The van der Waals surface area contributed by atoms with Crippen molar-refractivity contribution in [3.05, 3.63) is 45.1 Å². The number of aryl methyl sites for hydroxylation is 1. The van der Waals surface area contributed by atoms with Gasteiger partial charge in [-0.3, -0.25) is 15.1 Å². The van der Waals surface area contributed by atoms with Crippen LogP contribution in [0.3, 0.4) is 0 Å². The highest BCUT2D eigenvalue weighted by molar-refractivity contribution is 6.28. The van der Waals surface area contributed by atoms with Crippen molar-refractivity contribution in [1.82, 2.24) is 15.0 Å². The average Bonchev–Trinajstić information content (AvgIpc) is 2.37. The monoisotopic (exact) mass is 275 g/mol. The summed E-state index contributed by atoms with van der Waals surface area (Å²) in [6.07, 6.45) is 2.73. The van der Waals surface area contributed by atoms with Crippen LogP contribution in [0.2, 0.25) is 5.28 Å². The number of nitro groups is 1. The van der Waals surface area contributed by atoms with Crippen LogP contribution in [-0.2, 0) is 0 Å². The van der Waals surface area contributed by atoms with Gasteiger partial charge >= 0.3 is 5.69 Å². The van der Waals surface area contributed by atoms with Gasteiger partial charge in [-0.25, -0.2) is 9.97 Å². The second-order valence-electron chi connectivity index (χ2n) is 3.61. The Kier molecular flexibility index (Phi) is 3.35. The molecule has 0 atom stereocenters. The summed E-state index contributed by atoms with van der Waals surface area (Å²) in [4.78, 5) is 22.0. The van der Waals surface area contributed by atoms with Crippen LogP contribution in [0.5, 0.6) is 0 Å². The average molecular weight is 276 g/mol. The maximum Gasteiger partial charge on any atom is 0.316 e. The van der Waals surface area contributed by atoms with Crippen molar-refractivity contribution in [2.24, 2.45) is 0 Å². The van der Waals surface area contributed by atoms with Crippen molar-refractivity contribution in [1.29, 1.82) is 5.26 Å². The Hall–Kier alpha value is -2.59. The highest BCUT2D eigenvalue weighted by atomic mass is 35.5. The van der Waals surface area contributed by atoms with E-state index in [4.69, 9.17) is 16.9 Å². The van der Waals surface area contributed by atoms with Crippen molar-refractivity contribution in [2.75, 3.05) is 0 Å². The molecular weight excluding hydrogens is 270 g/mol. The molecule has 19 heavy (non-hydrogen) atoms. The van der Waals surface area contributed by atoms with Gasteiger partial charge in [0, 0.05) is 18.0 Å². The highest BCUT2D eigenvalue weighted by Gasteiger charge is 2.23. The minimum atomic E-state index is -0.583. The predicted molar refractivity (Wildman–Crippen MR) is 66.4 cm³/mol. The summed E-state index contributed by atoms with van der Waals surface area (Å²) in [5.41, 5.74) is 0.577. The van der Waals surface area contributed by atoms with Crippen LogP contribution in [0, 0.1) is 28.4 Å². The van der Waals surface area contributed by atoms with Gasteiger partial charge in [-0.2, -0.15) is 5.26 Å². The molecule has 2 aromatic rings. The van der Waals surface area contributed by atoms with E-state index in [1.807, 2.05) is 6.07 Å². The van der Waals surface area contributed by atoms with E-state index in [1.165, 1.54) is 25.4 Å². The lowest BCUT2D eigenvalue weighted by molar-refractivity contribution is -0.385. The van der Waals surface area contributed by atoms with Crippen LogP contribution in [0.1, 0.15) is 11.3 Å². The zero-order chi connectivity index (χ0) is 14.0. The minimum Gasteiger partial charge on any atom is -0.263 e. The van der Waals surface area contributed by atoms with Crippen molar-refractivity contribution in [2.45, 2.75) is 6.92 Å². The van der Waals surface area contributed by atoms with Crippen molar-refractivity contribution >= 4 is 17.3 Å². The van der Waals surface area contributed by atoms with Gasteiger partial charge in [-0.15, -0.1) is 0 Å². The lowest BCUT2D eigenvalue weighted by Gasteiger charge is -2.04. The molecule has 0 saturated heterocycles. The molecule has 8 heteroatoms. The first-order chi connectivity index (χ1) is 9.02. The van der Waals surface area contributed by atoms with Gasteiger partial charge in [0.05, 0.1) is 10.5 Å². The molecule has 0 unspecified atom stereocenters. The van der Waals surface area contributed by atoms with Gasteiger partial charge in [0.25, 0.3) is 0 Å². The van der Waals surface area contributed by atoms with Crippen molar-refractivity contribution in [3.63, 3.8) is 0 Å². The van der Waals surface area contributed by atoms with Crippen LogP contribution in [-0.4, -0.2) is 19.9 Å². The largest absolute Gasteiger partial charge is 0.316 e. The van der Waals surface area contributed by atoms with E-state index < -0.39 is 4.92 Å². The van der Waals surface area contributed by atoms with Crippen LogP contribution in [0.25, 0.3) is 11.3 Å². The van der Waals surface area contributed by atoms with Gasteiger partial charge in [0.2, 0.25) is 5.28 Å². The second-order valence-corrected chi connectivity index (χ2v) is 3.94. The number of halogens is 1. The Morgan fingerprint density at radius 2 is 2.16 bits per heavy atom. The van der Waals surface area contributed by atoms with E-state index in [0.29, 0.717) is 5.56 Å². The fourth-order valence-corrected chi connectivity index (χ4v) is 1.79. The number of nitriles is 1. The molecule has 0 aliphatic carbocycles. The van der Waals surface area contributed by atoms with E-state index in [-0.39, 0.29) is 27.9 Å². The number of hydrogen-bond donors (Lipinski definition) is 0. The fourth-order valence-electron chi connectivity index (χ4n) is 1.58. The predicted octanol–water partition coefficient (Wildman–Crippen LogP) is 2.28. The maximum absolute atomic E-state index is 11.1. The molecular formula is C11H6ClN5O2. The van der Waals surface area contributed by atoms with Gasteiger partial charge in [0.15, 0.2) is 5.69 Å². The molecule has 94 valence electrons. The molecule has 7 nitrogen and oxygen atoms in total. The Morgan fingerprint density at radius 1 is 1.42 bits per heavy atom. The normalized spacial score (nSPS) is 9.95. The van der Waals surface area contributed by atoms with E-state index in [9.17, 15) is 10.1 Å². The van der Waals surface area contributed by atoms with Crippen LogP contribution < -0.4 is 0 Å². The summed E-state index contributed by atoms with van der Waals surface area (Å²) >= 11 is 5.72. The molecule has 0 saturated carbocycles. The summed E-state index contributed by atoms with van der Waals surface area (Å²) in [5.74, 6) is 0. The second kappa shape index (κ2) is 4.96. The van der Waals surface area contributed by atoms with E-state index in [2.05, 4.69) is 15.0 Å². The highest BCUT2D eigenvalue weighted by Crippen LogP contribution is 2.30. The third-order valence-electron chi connectivity index (χ3n) is 2.35. The Morgan fingerprint density at radius 3 is 2.79 bits per heavy atom. The lowest BCUT2D eigenvalue weighted by atomic mass is 10.1. The molecule has 0 aliphatic heterocycles. The molecule has 0 N–H and O–H groups in total. The first-order valence-corrected chi connectivity index (χ1v) is 5.44. The molecule has 0 spiro atoms. The van der Waals surface area contributed by atoms with Gasteiger partial charge in [-0.1, -0.05) is 0 Å². The molecule has 2 rings (SSSR count). The minimum absolute atomic E-state index is 0.0482. The number of nitrogens with zero attached hydrogens (tertiary/aromatic N) is 5. The summed E-state index contributed by atoms with van der Waals surface area (Å²) < 4.78 is 0. The molecule has 2 aromatic heterocycles. The molecule has 0 bridgehead atoms. The number of hydrogen-bond acceptors (Lipinski definition) is 6. The molecule has 0 amide bonds.